The maximum Gasteiger partial charge on any atom is 0.160 e. The zero-order valence-corrected chi connectivity index (χ0v) is 14.7. The molecule has 1 N–H and O–H groups in total. The topological polar surface area (TPSA) is 50.9 Å². The number of aliphatic hydroxyl groups excluding tert-OH is 1. The Kier molecular flexibility index (Phi) is 4.14. The van der Waals surface area contributed by atoms with Gasteiger partial charge >= 0.3 is 0 Å². The quantitative estimate of drug-likeness (QED) is 0.768. The average molecular weight is 333 g/mol. The Balaban J connectivity index is 1.73. The molecular weight excluding hydrogens is 310 g/mol. The predicted octanol–water partition coefficient (Wildman–Crippen LogP) is 3.98. The molecule has 1 aromatic carbocycles. The summed E-state index contributed by atoms with van der Waals surface area (Å²) in [7, 11) is 0. The molecule has 1 aliphatic rings. The van der Waals surface area contributed by atoms with Gasteiger partial charge in [0.05, 0.1) is 13.2 Å². The van der Waals surface area contributed by atoms with Crippen LogP contribution in [0.1, 0.15) is 47.0 Å². The van der Waals surface area contributed by atoms with Crippen molar-refractivity contribution < 1.29 is 5.11 Å². The summed E-state index contributed by atoms with van der Waals surface area (Å²) >= 11 is 0. The highest BCUT2D eigenvalue weighted by Gasteiger charge is 2.30. The molecule has 2 heterocycles. The minimum absolute atomic E-state index is 0.0674. The van der Waals surface area contributed by atoms with E-state index in [0.29, 0.717) is 5.92 Å². The SMILES string of the molecule is Cc1cc(C)c2nc(C3CC3)n(Cc3ccc(C=CCO)cc3)c2n1. The molecule has 0 radical (unpaired) electrons. The number of benzene rings is 1. The van der Waals surface area contributed by atoms with Crippen LogP contribution in [0.15, 0.2) is 36.4 Å². The number of hydrogen-bond acceptors (Lipinski definition) is 3. The summed E-state index contributed by atoms with van der Waals surface area (Å²) in [6.45, 7) is 5.02. The monoisotopic (exact) mass is 333 g/mol. The van der Waals surface area contributed by atoms with E-state index >= 15 is 0 Å². The molecule has 0 bridgehead atoms. The van der Waals surface area contributed by atoms with Crippen molar-refractivity contribution in [1.29, 1.82) is 0 Å². The molecule has 0 aliphatic heterocycles. The van der Waals surface area contributed by atoms with Gasteiger partial charge in [-0.25, -0.2) is 9.97 Å². The molecule has 1 saturated carbocycles. The summed E-state index contributed by atoms with van der Waals surface area (Å²) in [6.07, 6.45) is 6.14. The highest BCUT2D eigenvalue weighted by molar-refractivity contribution is 5.76. The van der Waals surface area contributed by atoms with Crippen LogP contribution < -0.4 is 0 Å². The van der Waals surface area contributed by atoms with Gasteiger partial charge in [-0.3, -0.25) is 0 Å². The number of pyridine rings is 1. The van der Waals surface area contributed by atoms with Crippen molar-refractivity contribution in [3.8, 4) is 0 Å². The minimum Gasteiger partial charge on any atom is -0.392 e. The van der Waals surface area contributed by atoms with E-state index < -0.39 is 0 Å². The summed E-state index contributed by atoms with van der Waals surface area (Å²) in [5.41, 5.74) is 6.62. The maximum atomic E-state index is 8.88. The number of nitrogens with zero attached hydrogens (tertiary/aromatic N) is 3. The summed E-state index contributed by atoms with van der Waals surface area (Å²) < 4.78 is 2.30. The lowest BCUT2D eigenvalue weighted by Crippen LogP contribution is -2.05. The number of aryl methyl sites for hydroxylation is 2. The van der Waals surface area contributed by atoms with E-state index in [-0.39, 0.29) is 6.61 Å². The van der Waals surface area contributed by atoms with Gasteiger partial charge in [0.15, 0.2) is 5.65 Å². The van der Waals surface area contributed by atoms with E-state index in [1.54, 1.807) is 6.08 Å². The molecule has 4 heteroatoms. The molecule has 0 spiro atoms. The average Bonchev–Trinajstić information content (AvgIpc) is 3.38. The molecule has 0 saturated heterocycles. The van der Waals surface area contributed by atoms with E-state index in [0.717, 1.165) is 29.0 Å². The Morgan fingerprint density at radius 1 is 1.16 bits per heavy atom. The summed E-state index contributed by atoms with van der Waals surface area (Å²) in [5, 5.41) is 8.88. The molecule has 0 amide bonds. The Bertz CT molecular complexity index is 934. The summed E-state index contributed by atoms with van der Waals surface area (Å²) in [6, 6.07) is 10.6. The van der Waals surface area contributed by atoms with Crippen LogP contribution >= 0.6 is 0 Å². The lowest BCUT2D eigenvalue weighted by atomic mass is 10.1. The first-order chi connectivity index (χ1) is 12.2. The fourth-order valence-corrected chi connectivity index (χ4v) is 3.33. The minimum atomic E-state index is 0.0674. The number of hydrogen-bond donors (Lipinski definition) is 1. The van der Waals surface area contributed by atoms with Gasteiger partial charge in [-0.2, -0.15) is 0 Å². The number of imidazole rings is 1. The molecule has 4 nitrogen and oxygen atoms in total. The van der Waals surface area contributed by atoms with Crippen LogP contribution in [0.4, 0.5) is 0 Å². The van der Waals surface area contributed by atoms with Crippen molar-refractivity contribution in [3.63, 3.8) is 0 Å². The largest absolute Gasteiger partial charge is 0.392 e. The van der Waals surface area contributed by atoms with E-state index in [1.165, 1.54) is 29.8 Å². The van der Waals surface area contributed by atoms with Crippen LogP contribution in [0.25, 0.3) is 17.2 Å². The second-order valence-corrected chi connectivity index (χ2v) is 6.91. The molecule has 0 atom stereocenters. The number of aromatic nitrogens is 3. The first-order valence-corrected chi connectivity index (χ1v) is 8.86. The second-order valence-electron chi connectivity index (χ2n) is 6.91. The van der Waals surface area contributed by atoms with Crippen molar-refractivity contribution in [2.75, 3.05) is 6.61 Å². The molecule has 1 aliphatic carbocycles. The fraction of sp³-hybridized carbons (Fsp3) is 0.333. The lowest BCUT2D eigenvalue weighted by Gasteiger charge is -2.09. The van der Waals surface area contributed by atoms with E-state index in [9.17, 15) is 0 Å². The van der Waals surface area contributed by atoms with Gasteiger partial charge < -0.3 is 9.67 Å². The van der Waals surface area contributed by atoms with Gasteiger partial charge in [0.2, 0.25) is 0 Å². The zero-order chi connectivity index (χ0) is 17.4. The van der Waals surface area contributed by atoms with Gasteiger partial charge in [-0.15, -0.1) is 0 Å². The van der Waals surface area contributed by atoms with E-state index in [1.807, 2.05) is 13.0 Å². The Morgan fingerprint density at radius 3 is 2.60 bits per heavy atom. The Hall–Kier alpha value is -2.46. The van der Waals surface area contributed by atoms with Crippen LogP contribution in [0.3, 0.4) is 0 Å². The first kappa shape index (κ1) is 16.0. The van der Waals surface area contributed by atoms with Crippen molar-refractivity contribution in [3.05, 3.63) is 64.6 Å². The van der Waals surface area contributed by atoms with Gasteiger partial charge in [-0.05, 0) is 49.4 Å². The van der Waals surface area contributed by atoms with E-state index in [4.69, 9.17) is 15.1 Å². The Labute approximate surface area is 147 Å². The Morgan fingerprint density at radius 2 is 1.92 bits per heavy atom. The van der Waals surface area contributed by atoms with Crippen LogP contribution in [0, 0.1) is 13.8 Å². The predicted molar refractivity (Wildman–Crippen MR) is 101 cm³/mol. The van der Waals surface area contributed by atoms with Gasteiger partial charge in [0, 0.05) is 11.6 Å². The summed E-state index contributed by atoms with van der Waals surface area (Å²) in [5.74, 6) is 1.76. The molecule has 4 rings (SSSR count). The molecule has 1 fully saturated rings. The van der Waals surface area contributed by atoms with Crippen molar-refractivity contribution in [1.82, 2.24) is 14.5 Å². The highest BCUT2D eigenvalue weighted by atomic mass is 16.2. The molecule has 3 aromatic rings. The van der Waals surface area contributed by atoms with Gasteiger partial charge in [0.25, 0.3) is 0 Å². The molecule has 128 valence electrons. The third-order valence-electron chi connectivity index (χ3n) is 4.73. The first-order valence-electron chi connectivity index (χ1n) is 8.86. The smallest absolute Gasteiger partial charge is 0.160 e. The molecule has 2 aromatic heterocycles. The molecule has 0 unspecified atom stereocenters. The third kappa shape index (κ3) is 3.22. The van der Waals surface area contributed by atoms with Crippen molar-refractivity contribution >= 4 is 17.2 Å². The summed E-state index contributed by atoms with van der Waals surface area (Å²) in [4.78, 5) is 9.71. The zero-order valence-electron chi connectivity index (χ0n) is 14.7. The standard InChI is InChI=1S/C21H23N3O/c1-14-12-15(2)22-21-19(14)23-20(18-9-10-18)24(21)13-17-7-5-16(6-8-17)4-3-11-25/h3-8,12,18,25H,9-11,13H2,1-2H3. The van der Waals surface area contributed by atoms with Crippen LogP contribution in [-0.2, 0) is 6.54 Å². The number of rotatable bonds is 5. The number of aliphatic hydroxyl groups is 1. The third-order valence-corrected chi connectivity index (χ3v) is 4.73. The van der Waals surface area contributed by atoms with Crippen molar-refractivity contribution in [2.45, 2.75) is 39.2 Å². The second kappa shape index (κ2) is 6.45. The molecular formula is C21H23N3O. The normalized spacial score (nSPS) is 14.7. The van der Waals surface area contributed by atoms with Gasteiger partial charge in [0.1, 0.15) is 11.3 Å². The lowest BCUT2D eigenvalue weighted by molar-refractivity contribution is 0.343. The van der Waals surface area contributed by atoms with Crippen LogP contribution in [-0.4, -0.2) is 26.2 Å². The van der Waals surface area contributed by atoms with Crippen molar-refractivity contribution in [2.24, 2.45) is 0 Å². The molecule has 25 heavy (non-hydrogen) atoms. The number of fused-ring (bicyclic) bond motifs is 1. The fourth-order valence-electron chi connectivity index (χ4n) is 3.33. The van der Waals surface area contributed by atoms with Crippen LogP contribution in [0.2, 0.25) is 0 Å². The van der Waals surface area contributed by atoms with Gasteiger partial charge in [-0.1, -0.05) is 36.4 Å². The van der Waals surface area contributed by atoms with E-state index in [2.05, 4.69) is 41.8 Å². The highest BCUT2D eigenvalue weighted by Crippen LogP contribution is 2.41. The van der Waals surface area contributed by atoms with Crippen LogP contribution in [0.5, 0.6) is 0 Å². The maximum absolute atomic E-state index is 8.88.